The van der Waals surface area contributed by atoms with E-state index >= 15 is 0 Å². The second kappa shape index (κ2) is 5.64. The molecule has 0 fully saturated rings. The number of anilines is 1. The van der Waals surface area contributed by atoms with Crippen LogP contribution < -0.4 is 5.32 Å². The Morgan fingerprint density at radius 1 is 1.21 bits per heavy atom. The van der Waals surface area contributed by atoms with Crippen molar-refractivity contribution < 1.29 is 31.1 Å². The second-order valence-corrected chi connectivity index (χ2v) is 3.56. The van der Waals surface area contributed by atoms with E-state index < -0.39 is 25.1 Å². The quantitative estimate of drug-likeness (QED) is 0.864. The minimum absolute atomic E-state index is 0.0367. The van der Waals surface area contributed by atoms with Crippen molar-refractivity contribution in [2.24, 2.45) is 0 Å². The summed E-state index contributed by atoms with van der Waals surface area (Å²) in [6.45, 7) is -0.890. The summed E-state index contributed by atoms with van der Waals surface area (Å²) < 4.78 is 77.0. The van der Waals surface area contributed by atoms with Crippen LogP contribution in [0, 0.1) is 0 Å². The molecule has 0 aliphatic heterocycles. The van der Waals surface area contributed by atoms with Crippen LogP contribution in [0.15, 0.2) is 18.3 Å². The molecule has 9 heteroatoms. The van der Waals surface area contributed by atoms with E-state index in [0.29, 0.717) is 5.69 Å². The molecule has 1 heterocycles. The van der Waals surface area contributed by atoms with Crippen molar-refractivity contribution in [1.82, 2.24) is 4.98 Å². The molecule has 0 amide bonds. The Labute approximate surface area is 104 Å². The van der Waals surface area contributed by atoms with Crippen molar-refractivity contribution in [2.75, 3.05) is 12.4 Å². The van der Waals surface area contributed by atoms with E-state index in [9.17, 15) is 26.3 Å². The van der Waals surface area contributed by atoms with Gasteiger partial charge in [0, 0.05) is 18.9 Å². The molecule has 0 radical (unpaired) electrons. The average molecular weight is 288 g/mol. The molecule has 0 saturated carbocycles. The molecule has 0 unspecified atom stereocenters. The third-order valence-electron chi connectivity index (χ3n) is 2.10. The number of ether oxygens (including phenoxy) is 1. The Morgan fingerprint density at radius 3 is 2.26 bits per heavy atom. The number of hydrogen-bond donors (Lipinski definition) is 1. The summed E-state index contributed by atoms with van der Waals surface area (Å²) in [5.74, 6) is 0. The first-order valence-corrected chi connectivity index (χ1v) is 5.02. The van der Waals surface area contributed by atoms with Gasteiger partial charge in [0.1, 0.15) is 0 Å². The van der Waals surface area contributed by atoms with Crippen molar-refractivity contribution in [1.29, 1.82) is 0 Å². The SMILES string of the molecule is CNc1ccnc(COC(C(F)(F)F)C(F)(F)F)c1. The molecule has 0 aliphatic carbocycles. The molecule has 0 saturated heterocycles. The maximum absolute atomic E-state index is 12.2. The Morgan fingerprint density at radius 2 is 1.79 bits per heavy atom. The first-order chi connectivity index (χ1) is 8.64. The van der Waals surface area contributed by atoms with Crippen molar-refractivity contribution in [3.05, 3.63) is 24.0 Å². The molecule has 0 aliphatic rings. The summed E-state index contributed by atoms with van der Waals surface area (Å²) in [6, 6.07) is 2.80. The number of aromatic nitrogens is 1. The van der Waals surface area contributed by atoms with Gasteiger partial charge in [0.15, 0.2) is 0 Å². The summed E-state index contributed by atoms with van der Waals surface area (Å²) in [5.41, 5.74) is 0.467. The number of rotatable bonds is 4. The minimum Gasteiger partial charge on any atom is -0.388 e. The van der Waals surface area contributed by atoms with Crippen LogP contribution in [0.1, 0.15) is 5.69 Å². The predicted octanol–water partition coefficient (Wildman–Crippen LogP) is 3.13. The van der Waals surface area contributed by atoms with Gasteiger partial charge >= 0.3 is 12.4 Å². The Hall–Kier alpha value is -1.51. The summed E-state index contributed by atoms with van der Waals surface area (Å²) in [5, 5.41) is 2.68. The minimum atomic E-state index is -5.52. The normalized spacial score (nSPS) is 12.8. The van der Waals surface area contributed by atoms with E-state index in [1.807, 2.05) is 0 Å². The fourth-order valence-electron chi connectivity index (χ4n) is 1.26. The van der Waals surface area contributed by atoms with Gasteiger partial charge < -0.3 is 10.1 Å². The Balaban J connectivity index is 2.77. The van der Waals surface area contributed by atoms with Crippen LogP contribution in [-0.2, 0) is 11.3 Å². The van der Waals surface area contributed by atoms with Crippen LogP contribution in [-0.4, -0.2) is 30.5 Å². The molecule has 3 nitrogen and oxygen atoms in total. The summed E-state index contributed by atoms with van der Waals surface area (Å²) >= 11 is 0. The lowest BCUT2D eigenvalue weighted by Crippen LogP contribution is -2.44. The van der Waals surface area contributed by atoms with Crippen molar-refractivity contribution in [2.45, 2.75) is 25.1 Å². The smallest absolute Gasteiger partial charge is 0.388 e. The maximum atomic E-state index is 12.2. The highest BCUT2D eigenvalue weighted by Crippen LogP contribution is 2.36. The largest absolute Gasteiger partial charge is 0.423 e. The maximum Gasteiger partial charge on any atom is 0.423 e. The molecule has 19 heavy (non-hydrogen) atoms. The lowest BCUT2D eigenvalue weighted by molar-refractivity contribution is -0.324. The Kier molecular flexibility index (Phi) is 4.61. The van der Waals surface area contributed by atoms with Crippen LogP contribution in [0.3, 0.4) is 0 Å². The van der Waals surface area contributed by atoms with E-state index in [-0.39, 0.29) is 5.69 Å². The van der Waals surface area contributed by atoms with Gasteiger partial charge in [-0.15, -0.1) is 0 Å². The van der Waals surface area contributed by atoms with Crippen molar-refractivity contribution >= 4 is 5.69 Å². The molecule has 0 spiro atoms. The fraction of sp³-hybridized carbons (Fsp3) is 0.500. The van der Waals surface area contributed by atoms with E-state index in [1.165, 1.54) is 18.3 Å². The van der Waals surface area contributed by atoms with Gasteiger partial charge in [0.2, 0.25) is 6.10 Å². The predicted molar refractivity (Wildman–Crippen MR) is 54.5 cm³/mol. The topological polar surface area (TPSA) is 34.2 Å². The van der Waals surface area contributed by atoms with Gasteiger partial charge in [-0.25, -0.2) is 0 Å². The summed E-state index contributed by atoms with van der Waals surface area (Å²) in [4.78, 5) is 3.62. The molecular weight excluding hydrogens is 278 g/mol. The first-order valence-electron chi connectivity index (χ1n) is 5.02. The number of nitrogens with one attached hydrogen (secondary N) is 1. The molecule has 1 aromatic rings. The summed E-state index contributed by atoms with van der Waals surface area (Å²) in [7, 11) is 1.55. The highest BCUT2D eigenvalue weighted by atomic mass is 19.4. The number of nitrogens with zero attached hydrogens (tertiary/aromatic N) is 1. The van der Waals surface area contributed by atoms with Gasteiger partial charge in [-0.05, 0) is 12.1 Å². The van der Waals surface area contributed by atoms with Gasteiger partial charge in [0.25, 0.3) is 0 Å². The van der Waals surface area contributed by atoms with E-state index in [2.05, 4.69) is 15.0 Å². The van der Waals surface area contributed by atoms with Crippen LogP contribution >= 0.6 is 0 Å². The van der Waals surface area contributed by atoms with Crippen LogP contribution in [0.2, 0.25) is 0 Å². The fourth-order valence-corrected chi connectivity index (χ4v) is 1.26. The van der Waals surface area contributed by atoms with Crippen molar-refractivity contribution in [3.8, 4) is 0 Å². The van der Waals surface area contributed by atoms with Gasteiger partial charge in [-0.1, -0.05) is 0 Å². The molecule has 1 rings (SSSR count). The standard InChI is InChI=1S/C10H10F6N2O/c1-17-6-2-3-18-7(4-6)5-19-8(9(11,12)13)10(14,15)16/h2-4,8H,5H2,1H3,(H,17,18). The molecule has 0 aromatic carbocycles. The number of halogens is 6. The lowest BCUT2D eigenvalue weighted by Gasteiger charge is -2.22. The van der Waals surface area contributed by atoms with E-state index in [1.54, 1.807) is 7.05 Å². The van der Waals surface area contributed by atoms with E-state index in [4.69, 9.17) is 0 Å². The lowest BCUT2D eigenvalue weighted by atomic mass is 10.3. The molecular formula is C10H10F6N2O. The highest BCUT2D eigenvalue weighted by Gasteiger charge is 2.57. The first kappa shape index (κ1) is 15.5. The average Bonchev–Trinajstić information content (AvgIpc) is 2.26. The molecule has 0 atom stereocenters. The van der Waals surface area contributed by atoms with Crippen molar-refractivity contribution in [3.63, 3.8) is 0 Å². The van der Waals surface area contributed by atoms with E-state index in [0.717, 1.165) is 0 Å². The highest BCUT2D eigenvalue weighted by molar-refractivity contribution is 5.42. The van der Waals surface area contributed by atoms with Gasteiger partial charge in [-0.3, -0.25) is 4.98 Å². The third kappa shape index (κ3) is 4.58. The Bertz CT molecular complexity index is 403. The monoisotopic (exact) mass is 288 g/mol. The van der Waals surface area contributed by atoms with Gasteiger partial charge in [-0.2, -0.15) is 26.3 Å². The zero-order chi connectivity index (χ0) is 14.7. The number of pyridine rings is 1. The molecule has 0 bridgehead atoms. The van der Waals surface area contributed by atoms with Crippen LogP contribution in [0.25, 0.3) is 0 Å². The third-order valence-corrected chi connectivity index (χ3v) is 2.10. The molecule has 1 N–H and O–H groups in total. The second-order valence-electron chi connectivity index (χ2n) is 3.56. The zero-order valence-corrected chi connectivity index (χ0v) is 9.64. The van der Waals surface area contributed by atoms with Crippen LogP contribution in [0.4, 0.5) is 32.0 Å². The van der Waals surface area contributed by atoms with Crippen LogP contribution in [0.5, 0.6) is 0 Å². The summed E-state index contributed by atoms with van der Waals surface area (Å²) in [6.07, 6.45) is -13.6. The molecule has 108 valence electrons. The number of hydrogen-bond acceptors (Lipinski definition) is 3. The number of alkyl halides is 6. The zero-order valence-electron chi connectivity index (χ0n) is 9.64. The molecule has 1 aromatic heterocycles. The van der Waals surface area contributed by atoms with Gasteiger partial charge in [0.05, 0.1) is 12.3 Å².